The van der Waals surface area contributed by atoms with Gasteiger partial charge in [-0.2, -0.15) is 15.0 Å². The third-order valence-electron chi connectivity index (χ3n) is 3.06. The molecule has 114 valence electrons. The summed E-state index contributed by atoms with van der Waals surface area (Å²) in [5.41, 5.74) is 1.16. The maximum absolute atomic E-state index is 5.08. The van der Waals surface area contributed by atoms with Crippen LogP contribution < -0.4 is 14.7 Å². The van der Waals surface area contributed by atoms with Gasteiger partial charge in [-0.25, -0.2) is 0 Å². The average molecular weight is 290 g/mol. The fourth-order valence-corrected chi connectivity index (χ4v) is 1.75. The van der Waals surface area contributed by atoms with E-state index >= 15 is 0 Å². The number of rotatable bonds is 6. The number of nitrogens with zero attached hydrogens (tertiary/aromatic N) is 6. The van der Waals surface area contributed by atoms with Crippen LogP contribution in [0.3, 0.4) is 0 Å². The maximum atomic E-state index is 5.08. The quantitative estimate of drug-likeness (QED) is 0.794. The molecule has 2 rings (SSSR count). The normalized spacial score (nSPS) is 10.5. The summed E-state index contributed by atoms with van der Waals surface area (Å²) in [7, 11) is 9.66. The van der Waals surface area contributed by atoms with Crippen LogP contribution in [0.25, 0.3) is 0 Å². The van der Waals surface area contributed by atoms with Crippen molar-refractivity contribution >= 4 is 17.8 Å². The lowest BCUT2D eigenvalue weighted by molar-refractivity contribution is 0.563. The molecule has 0 saturated heterocycles. The van der Waals surface area contributed by atoms with E-state index in [1.807, 2.05) is 56.0 Å². The van der Waals surface area contributed by atoms with Gasteiger partial charge in [0.1, 0.15) is 0 Å². The molecular formula is C14H22N6O. The molecule has 0 amide bonds. The van der Waals surface area contributed by atoms with Gasteiger partial charge < -0.3 is 19.1 Å². The Morgan fingerprint density at radius 2 is 1.48 bits per heavy atom. The van der Waals surface area contributed by atoms with Crippen molar-refractivity contribution in [3.63, 3.8) is 0 Å². The molecule has 0 N–H and O–H groups in total. The molecule has 21 heavy (non-hydrogen) atoms. The van der Waals surface area contributed by atoms with Gasteiger partial charge in [0.2, 0.25) is 17.8 Å². The van der Waals surface area contributed by atoms with Gasteiger partial charge in [0.25, 0.3) is 0 Å². The molecule has 0 atom stereocenters. The number of anilines is 3. The van der Waals surface area contributed by atoms with Crippen molar-refractivity contribution < 1.29 is 4.42 Å². The first-order valence-electron chi connectivity index (χ1n) is 6.80. The van der Waals surface area contributed by atoms with Gasteiger partial charge in [-0.3, -0.25) is 0 Å². The summed E-state index contributed by atoms with van der Waals surface area (Å²) in [6.45, 7) is 0.809. The highest BCUT2D eigenvalue weighted by Gasteiger charge is 2.13. The van der Waals surface area contributed by atoms with E-state index in [4.69, 9.17) is 4.42 Å². The summed E-state index contributed by atoms with van der Waals surface area (Å²) >= 11 is 0. The first-order chi connectivity index (χ1) is 9.97. The first kappa shape index (κ1) is 15.1. The van der Waals surface area contributed by atoms with Gasteiger partial charge in [-0.05, 0) is 18.1 Å². The molecule has 0 aromatic carbocycles. The standard InChI is InChI=1S/C14H22N6O/c1-18(2)12-15-13(19(3)4)17-14(16-12)20(5)8-6-11-7-9-21-10-11/h7,9-10H,6,8H2,1-5H3. The van der Waals surface area contributed by atoms with Gasteiger partial charge in [-0.15, -0.1) is 0 Å². The van der Waals surface area contributed by atoms with Gasteiger partial charge in [0, 0.05) is 41.8 Å². The predicted molar refractivity (Wildman–Crippen MR) is 84.2 cm³/mol. The summed E-state index contributed by atoms with van der Waals surface area (Å²) in [6.07, 6.45) is 4.33. The predicted octanol–water partition coefficient (Wildman–Crippen LogP) is 1.28. The van der Waals surface area contributed by atoms with Crippen LogP contribution in [0.15, 0.2) is 23.0 Å². The molecule has 0 bridgehead atoms. The van der Waals surface area contributed by atoms with E-state index in [0.717, 1.165) is 18.5 Å². The highest BCUT2D eigenvalue weighted by molar-refractivity contribution is 5.44. The smallest absolute Gasteiger partial charge is 0.231 e. The molecule has 7 nitrogen and oxygen atoms in total. The lowest BCUT2D eigenvalue weighted by Crippen LogP contribution is -2.26. The topological polar surface area (TPSA) is 61.5 Å². The minimum atomic E-state index is 0.652. The van der Waals surface area contributed by atoms with Crippen LogP contribution in [0, 0.1) is 0 Å². The van der Waals surface area contributed by atoms with Crippen molar-refractivity contribution in [2.75, 3.05) is 56.5 Å². The second-order valence-electron chi connectivity index (χ2n) is 5.33. The van der Waals surface area contributed by atoms with Crippen molar-refractivity contribution in [2.45, 2.75) is 6.42 Å². The third kappa shape index (κ3) is 3.84. The fraction of sp³-hybridized carbons (Fsp3) is 0.500. The Hall–Kier alpha value is -2.31. The molecule has 7 heteroatoms. The molecule has 0 unspecified atom stereocenters. The Morgan fingerprint density at radius 3 is 1.95 bits per heavy atom. The Kier molecular flexibility index (Phi) is 4.62. The molecular weight excluding hydrogens is 268 g/mol. The Labute approximate surface area is 125 Å². The monoisotopic (exact) mass is 290 g/mol. The van der Waals surface area contributed by atoms with Crippen molar-refractivity contribution in [2.24, 2.45) is 0 Å². The summed E-state index contributed by atoms with van der Waals surface area (Å²) in [5, 5.41) is 0. The van der Waals surface area contributed by atoms with E-state index in [9.17, 15) is 0 Å². The third-order valence-corrected chi connectivity index (χ3v) is 3.06. The van der Waals surface area contributed by atoms with Crippen LogP contribution >= 0.6 is 0 Å². The SMILES string of the molecule is CN(C)c1nc(N(C)C)nc(N(C)CCc2ccoc2)n1. The van der Waals surface area contributed by atoms with E-state index in [1.54, 1.807) is 12.5 Å². The van der Waals surface area contributed by atoms with Gasteiger partial charge in [-0.1, -0.05) is 0 Å². The van der Waals surface area contributed by atoms with E-state index < -0.39 is 0 Å². The van der Waals surface area contributed by atoms with Crippen LogP contribution in [0.4, 0.5) is 17.8 Å². The van der Waals surface area contributed by atoms with Crippen molar-refractivity contribution in [1.82, 2.24) is 15.0 Å². The van der Waals surface area contributed by atoms with Gasteiger partial charge in [0.15, 0.2) is 0 Å². The highest BCUT2D eigenvalue weighted by Crippen LogP contribution is 2.16. The molecule has 2 aromatic rings. The van der Waals surface area contributed by atoms with Crippen LogP contribution in [0.2, 0.25) is 0 Å². The molecule has 0 aliphatic heterocycles. The van der Waals surface area contributed by atoms with E-state index in [1.165, 1.54) is 0 Å². The van der Waals surface area contributed by atoms with Crippen molar-refractivity contribution in [3.05, 3.63) is 24.2 Å². The zero-order valence-corrected chi connectivity index (χ0v) is 13.2. The van der Waals surface area contributed by atoms with E-state index in [0.29, 0.717) is 17.8 Å². The van der Waals surface area contributed by atoms with Gasteiger partial charge in [0.05, 0.1) is 12.5 Å². The summed E-state index contributed by atoms with van der Waals surface area (Å²) in [6, 6.07) is 1.97. The molecule has 0 aliphatic rings. The second kappa shape index (κ2) is 6.43. The zero-order chi connectivity index (χ0) is 15.4. The first-order valence-corrected chi connectivity index (χ1v) is 6.80. The zero-order valence-electron chi connectivity index (χ0n) is 13.2. The fourth-order valence-electron chi connectivity index (χ4n) is 1.75. The lowest BCUT2D eigenvalue weighted by Gasteiger charge is -2.21. The summed E-state index contributed by atoms with van der Waals surface area (Å²) < 4.78 is 5.08. The minimum absolute atomic E-state index is 0.652. The Morgan fingerprint density at radius 1 is 0.905 bits per heavy atom. The molecule has 2 aromatic heterocycles. The largest absolute Gasteiger partial charge is 0.472 e. The molecule has 0 radical (unpaired) electrons. The number of furan rings is 1. The van der Waals surface area contributed by atoms with E-state index in [-0.39, 0.29) is 0 Å². The van der Waals surface area contributed by atoms with Crippen molar-refractivity contribution in [3.8, 4) is 0 Å². The molecule has 0 aliphatic carbocycles. The van der Waals surface area contributed by atoms with E-state index in [2.05, 4.69) is 15.0 Å². The average Bonchev–Trinajstić information content (AvgIpc) is 2.97. The van der Waals surface area contributed by atoms with Crippen LogP contribution in [-0.2, 0) is 6.42 Å². The van der Waals surface area contributed by atoms with Crippen molar-refractivity contribution in [1.29, 1.82) is 0 Å². The Bertz CT molecular complexity index is 541. The van der Waals surface area contributed by atoms with Crippen LogP contribution in [-0.4, -0.2) is 56.7 Å². The summed E-state index contributed by atoms with van der Waals surface area (Å²) in [5.74, 6) is 1.97. The lowest BCUT2D eigenvalue weighted by atomic mass is 10.2. The molecule has 2 heterocycles. The molecule has 0 saturated carbocycles. The number of hydrogen-bond acceptors (Lipinski definition) is 7. The summed E-state index contributed by atoms with van der Waals surface area (Å²) in [4.78, 5) is 19.2. The molecule has 0 spiro atoms. The van der Waals surface area contributed by atoms with Crippen LogP contribution in [0.1, 0.15) is 5.56 Å². The minimum Gasteiger partial charge on any atom is -0.472 e. The maximum Gasteiger partial charge on any atom is 0.231 e. The molecule has 0 fully saturated rings. The highest BCUT2D eigenvalue weighted by atomic mass is 16.3. The number of likely N-dealkylation sites (N-methyl/N-ethyl adjacent to an activating group) is 1. The van der Waals surface area contributed by atoms with Gasteiger partial charge >= 0.3 is 0 Å². The number of hydrogen-bond donors (Lipinski definition) is 0. The number of aromatic nitrogens is 3. The van der Waals surface area contributed by atoms with Crippen LogP contribution in [0.5, 0.6) is 0 Å². The Balaban J connectivity index is 2.16. The second-order valence-corrected chi connectivity index (χ2v) is 5.33.